The molecule has 110 valence electrons. The molecule has 1 rings (SSSR count). The van der Waals surface area contributed by atoms with E-state index < -0.39 is 0 Å². The fraction of sp³-hybridized carbons (Fsp3) is 0.800. The van der Waals surface area contributed by atoms with Gasteiger partial charge in [-0.25, -0.2) is 0 Å². The van der Waals surface area contributed by atoms with Gasteiger partial charge in [-0.05, 0) is 53.0 Å². The number of aryl methyl sites for hydroxylation is 2. The van der Waals surface area contributed by atoms with E-state index in [2.05, 4.69) is 49.7 Å². The van der Waals surface area contributed by atoms with E-state index in [1.54, 1.807) is 0 Å². The van der Waals surface area contributed by atoms with Crippen LogP contribution in [-0.4, -0.2) is 28.0 Å². The molecule has 2 N–H and O–H groups in total. The zero-order valence-electron chi connectivity index (χ0n) is 13.0. The Morgan fingerprint density at radius 3 is 2.53 bits per heavy atom. The molecule has 0 spiro atoms. The molecule has 4 heteroatoms. The lowest BCUT2D eigenvalue weighted by Crippen LogP contribution is -2.21. The molecule has 0 amide bonds. The zero-order chi connectivity index (χ0) is 14.4. The molecular weight excluding hydrogens is 238 g/mol. The van der Waals surface area contributed by atoms with E-state index in [-0.39, 0.29) is 6.61 Å². The van der Waals surface area contributed by atoms with E-state index in [1.807, 2.05) is 0 Å². The molecule has 19 heavy (non-hydrogen) atoms. The summed E-state index contributed by atoms with van der Waals surface area (Å²) in [4.78, 5) is 0. The Labute approximate surface area is 117 Å². The number of nitrogens with zero attached hydrogens (tertiary/aromatic N) is 2. The predicted octanol–water partition coefficient (Wildman–Crippen LogP) is 2.58. The maximum absolute atomic E-state index is 8.99. The number of aliphatic hydroxyl groups is 1. The number of hydrogen-bond donors (Lipinski definition) is 2. The number of aromatic nitrogens is 2. The van der Waals surface area contributed by atoms with Gasteiger partial charge in [0.2, 0.25) is 0 Å². The van der Waals surface area contributed by atoms with Gasteiger partial charge in [0.1, 0.15) is 0 Å². The minimum Gasteiger partial charge on any atom is -0.396 e. The minimum atomic E-state index is 0.289. The zero-order valence-corrected chi connectivity index (χ0v) is 13.0. The third kappa shape index (κ3) is 4.32. The van der Waals surface area contributed by atoms with Crippen LogP contribution < -0.4 is 5.32 Å². The van der Waals surface area contributed by atoms with Crippen molar-refractivity contribution >= 4 is 0 Å². The Bertz CT molecular complexity index is 387. The fourth-order valence-corrected chi connectivity index (χ4v) is 2.61. The first kappa shape index (κ1) is 16.2. The fourth-order valence-electron chi connectivity index (χ4n) is 2.61. The molecule has 0 bridgehead atoms. The maximum atomic E-state index is 8.99. The van der Waals surface area contributed by atoms with Crippen LogP contribution >= 0.6 is 0 Å². The van der Waals surface area contributed by atoms with E-state index in [0.29, 0.717) is 12.0 Å². The number of aliphatic hydroxyl groups excluding tert-OH is 1. The number of nitrogens with one attached hydrogen (secondary N) is 1. The molecule has 0 saturated heterocycles. The van der Waals surface area contributed by atoms with E-state index >= 15 is 0 Å². The average Bonchev–Trinajstić information content (AvgIpc) is 2.68. The van der Waals surface area contributed by atoms with Crippen molar-refractivity contribution in [1.29, 1.82) is 0 Å². The summed E-state index contributed by atoms with van der Waals surface area (Å²) >= 11 is 0. The maximum Gasteiger partial charge on any atom is 0.0644 e. The van der Waals surface area contributed by atoms with Gasteiger partial charge in [0.05, 0.1) is 5.69 Å². The van der Waals surface area contributed by atoms with Crippen molar-refractivity contribution in [3.63, 3.8) is 0 Å². The lowest BCUT2D eigenvalue weighted by molar-refractivity contribution is 0.227. The largest absolute Gasteiger partial charge is 0.396 e. The molecule has 2 atom stereocenters. The van der Waals surface area contributed by atoms with Crippen molar-refractivity contribution < 1.29 is 5.11 Å². The molecule has 0 aliphatic carbocycles. The first-order valence-electron chi connectivity index (χ1n) is 7.39. The summed E-state index contributed by atoms with van der Waals surface area (Å²) in [7, 11) is 0. The SMILES string of the molecule is CCn1nc(C)c(C(C)NCCCC(C)CO)c1C. The molecule has 1 aromatic heterocycles. The van der Waals surface area contributed by atoms with Crippen LogP contribution in [-0.2, 0) is 6.54 Å². The van der Waals surface area contributed by atoms with Crippen molar-refractivity contribution in [2.75, 3.05) is 13.2 Å². The molecule has 0 aliphatic heterocycles. The van der Waals surface area contributed by atoms with Gasteiger partial charge in [-0.3, -0.25) is 4.68 Å². The quantitative estimate of drug-likeness (QED) is 0.712. The first-order chi connectivity index (χ1) is 9.01. The van der Waals surface area contributed by atoms with E-state index in [4.69, 9.17) is 5.11 Å². The van der Waals surface area contributed by atoms with Gasteiger partial charge in [-0.1, -0.05) is 6.92 Å². The third-order valence-corrected chi connectivity index (χ3v) is 3.81. The van der Waals surface area contributed by atoms with Crippen molar-refractivity contribution in [2.45, 2.75) is 60.0 Å². The molecule has 0 radical (unpaired) electrons. The minimum absolute atomic E-state index is 0.289. The average molecular weight is 267 g/mol. The summed E-state index contributed by atoms with van der Waals surface area (Å²) in [6.07, 6.45) is 2.18. The van der Waals surface area contributed by atoms with Crippen LogP contribution in [0.4, 0.5) is 0 Å². The van der Waals surface area contributed by atoms with Gasteiger partial charge >= 0.3 is 0 Å². The molecule has 0 fully saturated rings. The Morgan fingerprint density at radius 1 is 1.32 bits per heavy atom. The first-order valence-corrected chi connectivity index (χ1v) is 7.39. The topological polar surface area (TPSA) is 50.1 Å². The van der Waals surface area contributed by atoms with Gasteiger partial charge in [0, 0.05) is 30.5 Å². The molecule has 0 saturated carbocycles. The third-order valence-electron chi connectivity index (χ3n) is 3.81. The molecule has 2 unspecified atom stereocenters. The van der Waals surface area contributed by atoms with E-state index in [1.165, 1.54) is 11.3 Å². The highest BCUT2D eigenvalue weighted by atomic mass is 16.3. The summed E-state index contributed by atoms with van der Waals surface area (Å²) in [6.45, 7) is 12.8. The second-order valence-electron chi connectivity index (χ2n) is 5.51. The van der Waals surface area contributed by atoms with Crippen LogP contribution in [0.1, 0.15) is 56.6 Å². The number of hydrogen-bond acceptors (Lipinski definition) is 3. The standard InChI is InChI=1S/C15H29N3O/c1-6-18-14(5)15(13(4)17-18)12(3)16-9-7-8-11(2)10-19/h11-12,16,19H,6-10H2,1-5H3. The van der Waals surface area contributed by atoms with Crippen LogP contribution in [0.3, 0.4) is 0 Å². The molecule has 1 aromatic rings. The molecule has 0 aliphatic rings. The van der Waals surface area contributed by atoms with Gasteiger partial charge in [0.25, 0.3) is 0 Å². The smallest absolute Gasteiger partial charge is 0.0644 e. The summed E-state index contributed by atoms with van der Waals surface area (Å²) in [5.41, 5.74) is 3.73. The highest BCUT2D eigenvalue weighted by Crippen LogP contribution is 2.21. The van der Waals surface area contributed by atoms with Crippen LogP contribution in [0.5, 0.6) is 0 Å². The molecular formula is C15H29N3O. The monoisotopic (exact) mass is 267 g/mol. The summed E-state index contributed by atoms with van der Waals surface area (Å²) in [5.74, 6) is 0.406. The van der Waals surface area contributed by atoms with Crippen molar-refractivity contribution in [2.24, 2.45) is 5.92 Å². The number of rotatable bonds is 8. The van der Waals surface area contributed by atoms with Gasteiger partial charge in [0.15, 0.2) is 0 Å². The Balaban J connectivity index is 2.49. The normalized spacial score (nSPS) is 14.6. The second kappa shape index (κ2) is 7.65. The molecule has 1 heterocycles. The van der Waals surface area contributed by atoms with Crippen LogP contribution in [0.25, 0.3) is 0 Å². The predicted molar refractivity (Wildman–Crippen MR) is 79.3 cm³/mol. The van der Waals surface area contributed by atoms with Crippen LogP contribution in [0.15, 0.2) is 0 Å². The molecule has 0 aromatic carbocycles. The molecule has 4 nitrogen and oxygen atoms in total. The Kier molecular flexibility index (Phi) is 6.52. The lowest BCUT2D eigenvalue weighted by atomic mass is 10.0. The lowest BCUT2D eigenvalue weighted by Gasteiger charge is -2.15. The second-order valence-corrected chi connectivity index (χ2v) is 5.51. The Morgan fingerprint density at radius 2 is 2.00 bits per heavy atom. The van der Waals surface area contributed by atoms with E-state index in [9.17, 15) is 0 Å². The summed E-state index contributed by atoms with van der Waals surface area (Å²) in [6, 6.07) is 0.338. The van der Waals surface area contributed by atoms with Gasteiger partial charge < -0.3 is 10.4 Å². The van der Waals surface area contributed by atoms with Crippen molar-refractivity contribution in [3.05, 3.63) is 17.0 Å². The highest BCUT2D eigenvalue weighted by molar-refractivity contribution is 5.27. The van der Waals surface area contributed by atoms with Crippen molar-refractivity contribution in [3.8, 4) is 0 Å². The van der Waals surface area contributed by atoms with Crippen molar-refractivity contribution in [1.82, 2.24) is 15.1 Å². The van der Waals surface area contributed by atoms with Crippen LogP contribution in [0.2, 0.25) is 0 Å². The highest BCUT2D eigenvalue weighted by Gasteiger charge is 2.16. The van der Waals surface area contributed by atoms with E-state index in [0.717, 1.165) is 31.6 Å². The van der Waals surface area contributed by atoms with Gasteiger partial charge in [-0.15, -0.1) is 0 Å². The summed E-state index contributed by atoms with van der Waals surface area (Å²) in [5, 5.41) is 17.1. The van der Waals surface area contributed by atoms with Gasteiger partial charge in [-0.2, -0.15) is 5.10 Å². The van der Waals surface area contributed by atoms with Crippen LogP contribution in [0, 0.1) is 19.8 Å². The summed E-state index contributed by atoms with van der Waals surface area (Å²) < 4.78 is 2.07. The Hall–Kier alpha value is -0.870.